The maximum absolute atomic E-state index is 12.4. The molecule has 0 bridgehead atoms. The minimum atomic E-state index is -0.0787. The lowest BCUT2D eigenvalue weighted by atomic mass is 9.82. The van der Waals surface area contributed by atoms with Gasteiger partial charge >= 0.3 is 0 Å². The van der Waals surface area contributed by atoms with Gasteiger partial charge in [-0.2, -0.15) is 5.26 Å². The Hall–Kier alpha value is -2.81. The van der Waals surface area contributed by atoms with Crippen LogP contribution in [0.1, 0.15) is 46.7 Å². The van der Waals surface area contributed by atoms with Gasteiger partial charge in [0.1, 0.15) is 11.1 Å². The zero-order valence-corrected chi connectivity index (χ0v) is 19.5. The molecule has 6 heteroatoms. The minimum absolute atomic E-state index is 0.0787. The number of nitrogens with one attached hydrogen (secondary N) is 1. The standard InChI is InChI=1S/C26H24ClN3OS/c1-17-22(27)8-5-9-23(17)29-25(31)12-13-32-26-21(16-28)15-20-14-19(10-11-24(20)30-26)18-6-3-2-4-7-18/h2-9,15,19H,10-14H2,1H3,(H,29,31). The first-order chi connectivity index (χ1) is 15.5. The molecular weight excluding hydrogens is 438 g/mol. The van der Waals surface area contributed by atoms with Crippen LogP contribution in [0.15, 0.2) is 59.6 Å². The molecule has 1 N–H and O–H groups in total. The van der Waals surface area contributed by atoms with Crippen LogP contribution in [0.5, 0.6) is 0 Å². The number of hydrogen-bond acceptors (Lipinski definition) is 4. The minimum Gasteiger partial charge on any atom is -0.326 e. The number of carbonyl (C=O) groups is 1. The van der Waals surface area contributed by atoms with Gasteiger partial charge in [-0.1, -0.05) is 48.0 Å². The number of thioether (sulfide) groups is 1. The Morgan fingerprint density at radius 3 is 2.84 bits per heavy atom. The van der Waals surface area contributed by atoms with E-state index in [0.29, 0.717) is 28.7 Å². The number of nitrogens with zero attached hydrogens (tertiary/aromatic N) is 2. The van der Waals surface area contributed by atoms with Crippen molar-refractivity contribution >= 4 is 35.0 Å². The molecule has 1 unspecified atom stereocenters. The summed E-state index contributed by atoms with van der Waals surface area (Å²) in [5, 5.41) is 13.9. The van der Waals surface area contributed by atoms with Gasteiger partial charge < -0.3 is 5.32 Å². The van der Waals surface area contributed by atoms with E-state index in [1.165, 1.54) is 22.9 Å². The van der Waals surface area contributed by atoms with Crippen molar-refractivity contribution in [2.24, 2.45) is 0 Å². The number of hydrogen-bond donors (Lipinski definition) is 1. The van der Waals surface area contributed by atoms with E-state index in [2.05, 4.69) is 35.7 Å². The summed E-state index contributed by atoms with van der Waals surface area (Å²) in [7, 11) is 0. The van der Waals surface area contributed by atoms with E-state index in [9.17, 15) is 10.1 Å². The predicted octanol–water partition coefficient (Wildman–Crippen LogP) is 6.31. The summed E-state index contributed by atoms with van der Waals surface area (Å²) in [4.78, 5) is 17.2. The molecule has 0 fully saturated rings. The molecule has 1 aliphatic carbocycles. The molecule has 1 heterocycles. The third-order valence-electron chi connectivity index (χ3n) is 5.85. The summed E-state index contributed by atoms with van der Waals surface area (Å²) in [6, 6.07) is 20.3. The highest BCUT2D eigenvalue weighted by atomic mass is 35.5. The second-order valence-electron chi connectivity index (χ2n) is 7.97. The van der Waals surface area contributed by atoms with Gasteiger partial charge in [-0.25, -0.2) is 4.98 Å². The van der Waals surface area contributed by atoms with Crippen LogP contribution in [0.4, 0.5) is 5.69 Å². The van der Waals surface area contributed by atoms with Crippen LogP contribution >= 0.6 is 23.4 Å². The van der Waals surface area contributed by atoms with Crippen LogP contribution in [0.2, 0.25) is 5.02 Å². The van der Waals surface area contributed by atoms with E-state index in [1.807, 2.05) is 31.2 Å². The number of fused-ring (bicyclic) bond motifs is 1. The topological polar surface area (TPSA) is 65.8 Å². The molecule has 32 heavy (non-hydrogen) atoms. The molecule has 4 nitrogen and oxygen atoms in total. The Labute approximate surface area is 198 Å². The highest BCUT2D eigenvalue weighted by Crippen LogP contribution is 2.34. The Kier molecular flexibility index (Phi) is 7.14. The fourth-order valence-corrected chi connectivity index (χ4v) is 5.13. The van der Waals surface area contributed by atoms with Gasteiger partial charge in [0.15, 0.2) is 0 Å². The SMILES string of the molecule is Cc1c(Cl)cccc1NC(=O)CCSc1nc2c(cc1C#N)CC(c1ccccc1)CC2. The molecule has 162 valence electrons. The first-order valence-electron chi connectivity index (χ1n) is 10.7. The van der Waals surface area contributed by atoms with Crippen molar-refractivity contribution < 1.29 is 4.79 Å². The molecule has 0 radical (unpaired) electrons. The Bertz CT molecular complexity index is 1170. The Balaban J connectivity index is 1.39. The van der Waals surface area contributed by atoms with Crippen LogP contribution in [-0.4, -0.2) is 16.6 Å². The van der Waals surface area contributed by atoms with Crippen LogP contribution in [-0.2, 0) is 17.6 Å². The predicted molar refractivity (Wildman–Crippen MR) is 130 cm³/mol. The number of pyridine rings is 1. The van der Waals surface area contributed by atoms with Gasteiger partial charge in [0.25, 0.3) is 0 Å². The molecule has 0 aliphatic heterocycles. The average Bonchev–Trinajstić information content (AvgIpc) is 2.82. The number of aryl methyl sites for hydroxylation is 1. The molecule has 1 aliphatic rings. The van der Waals surface area contributed by atoms with Crippen molar-refractivity contribution in [2.45, 2.75) is 43.6 Å². The molecule has 3 aromatic rings. The number of carbonyl (C=O) groups excluding carboxylic acids is 1. The van der Waals surface area contributed by atoms with Crippen LogP contribution in [0.3, 0.4) is 0 Å². The summed E-state index contributed by atoms with van der Waals surface area (Å²) in [5.41, 5.74) is 5.76. The number of aromatic nitrogens is 1. The van der Waals surface area contributed by atoms with Crippen LogP contribution in [0.25, 0.3) is 0 Å². The van der Waals surface area contributed by atoms with Crippen LogP contribution in [0, 0.1) is 18.3 Å². The van der Waals surface area contributed by atoms with Crippen molar-refractivity contribution in [3.8, 4) is 6.07 Å². The smallest absolute Gasteiger partial charge is 0.225 e. The van der Waals surface area contributed by atoms with E-state index >= 15 is 0 Å². The van der Waals surface area contributed by atoms with Gasteiger partial charge in [0.05, 0.1) is 5.56 Å². The van der Waals surface area contributed by atoms with E-state index in [1.54, 1.807) is 6.07 Å². The number of amides is 1. The third kappa shape index (κ3) is 5.15. The lowest BCUT2D eigenvalue weighted by Gasteiger charge is -2.25. The molecule has 1 atom stereocenters. The quantitative estimate of drug-likeness (QED) is 0.437. The monoisotopic (exact) mass is 461 g/mol. The fraction of sp³-hybridized carbons (Fsp3) is 0.269. The van der Waals surface area contributed by atoms with Gasteiger partial charge in [-0.15, -0.1) is 11.8 Å². The summed E-state index contributed by atoms with van der Waals surface area (Å²) >= 11 is 7.59. The highest BCUT2D eigenvalue weighted by molar-refractivity contribution is 7.99. The number of benzene rings is 2. The summed E-state index contributed by atoms with van der Waals surface area (Å²) in [6.07, 6.45) is 3.20. The van der Waals surface area contributed by atoms with Gasteiger partial charge in [0, 0.05) is 28.6 Å². The van der Waals surface area contributed by atoms with Gasteiger partial charge in [-0.3, -0.25) is 4.79 Å². The molecule has 0 spiro atoms. The maximum Gasteiger partial charge on any atom is 0.225 e. The van der Waals surface area contributed by atoms with E-state index in [0.717, 1.165) is 41.2 Å². The van der Waals surface area contributed by atoms with Crippen molar-refractivity contribution in [3.05, 3.63) is 87.6 Å². The molecule has 4 rings (SSSR count). The lowest BCUT2D eigenvalue weighted by molar-refractivity contribution is -0.115. The number of rotatable bonds is 6. The van der Waals surface area contributed by atoms with Gasteiger partial charge in [-0.05, 0) is 67.0 Å². The van der Waals surface area contributed by atoms with E-state index in [-0.39, 0.29) is 5.91 Å². The highest BCUT2D eigenvalue weighted by Gasteiger charge is 2.23. The van der Waals surface area contributed by atoms with Crippen molar-refractivity contribution in [1.29, 1.82) is 5.26 Å². The lowest BCUT2D eigenvalue weighted by Crippen LogP contribution is -2.15. The normalized spacial score (nSPS) is 15.0. The Morgan fingerprint density at radius 2 is 2.06 bits per heavy atom. The second-order valence-corrected chi connectivity index (χ2v) is 9.46. The molecule has 1 amide bonds. The molecule has 0 saturated heterocycles. The maximum atomic E-state index is 12.4. The molecule has 2 aromatic carbocycles. The second kappa shape index (κ2) is 10.2. The number of anilines is 1. The van der Waals surface area contributed by atoms with Crippen molar-refractivity contribution in [1.82, 2.24) is 4.98 Å². The zero-order valence-electron chi connectivity index (χ0n) is 17.9. The largest absolute Gasteiger partial charge is 0.326 e. The number of nitriles is 1. The molecular formula is C26H24ClN3OS. The average molecular weight is 462 g/mol. The van der Waals surface area contributed by atoms with E-state index in [4.69, 9.17) is 16.6 Å². The summed E-state index contributed by atoms with van der Waals surface area (Å²) in [5.74, 6) is 0.942. The van der Waals surface area contributed by atoms with E-state index < -0.39 is 0 Å². The summed E-state index contributed by atoms with van der Waals surface area (Å²) < 4.78 is 0. The van der Waals surface area contributed by atoms with Gasteiger partial charge in [0.2, 0.25) is 5.91 Å². The Morgan fingerprint density at radius 1 is 1.25 bits per heavy atom. The summed E-state index contributed by atoms with van der Waals surface area (Å²) in [6.45, 7) is 1.88. The van der Waals surface area contributed by atoms with Crippen molar-refractivity contribution in [3.63, 3.8) is 0 Å². The first-order valence-corrected chi connectivity index (χ1v) is 12.1. The fourth-order valence-electron chi connectivity index (χ4n) is 4.04. The van der Waals surface area contributed by atoms with Crippen molar-refractivity contribution in [2.75, 3.05) is 11.1 Å². The first kappa shape index (κ1) is 22.4. The zero-order chi connectivity index (χ0) is 22.5. The molecule has 1 aromatic heterocycles. The number of halogens is 1. The third-order valence-corrected chi connectivity index (χ3v) is 7.26. The molecule has 0 saturated carbocycles. The van der Waals surface area contributed by atoms with Crippen LogP contribution < -0.4 is 5.32 Å².